The maximum absolute atomic E-state index is 11.9. The molecule has 0 aliphatic rings. The third-order valence-electron chi connectivity index (χ3n) is 3.48. The predicted molar refractivity (Wildman–Crippen MR) is 75.4 cm³/mol. The van der Waals surface area contributed by atoms with Gasteiger partial charge in [0.05, 0.1) is 11.9 Å². The van der Waals surface area contributed by atoms with Gasteiger partial charge in [-0.1, -0.05) is 20.3 Å². The van der Waals surface area contributed by atoms with E-state index in [0.717, 1.165) is 6.42 Å². The standard InChI is InChI=1S/C15H20N2O3/c1-4-11(2)15(3,19)10-17-14(18)12(9-16)8-13-6-5-7-20-13/h5-8,11,19H,4,10H2,1-3H3,(H,17,18)/b12-8-/t11-,15-/m0/s1. The lowest BCUT2D eigenvalue weighted by Crippen LogP contribution is -2.45. The van der Waals surface area contributed by atoms with E-state index >= 15 is 0 Å². The molecule has 5 heteroatoms. The molecule has 20 heavy (non-hydrogen) atoms. The summed E-state index contributed by atoms with van der Waals surface area (Å²) in [4.78, 5) is 11.9. The highest BCUT2D eigenvalue weighted by atomic mass is 16.3. The van der Waals surface area contributed by atoms with Gasteiger partial charge >= 0.3 is 0 Å². The molecule has 0 aromatic carbocycles. The van der Waals surface area contributed by atoms with Crippen LogP contribution in [0.2, 0.25) is 0 Å². The van der Waals surface area contributed by atoms with E-state index in [1.807, 2.05) is 19.9 Å². The van der Waals surface area contributed by atoms with Gasteiger partial charge in [-0.3, -0.25) is 4.79 Å². The molecule has 2 atom stereocenters. The van der Waals surface area contributed by atoms with Crippen molar-refractivity contribution in [3.8, 4) is 6.07 Å². The Balaban J connectivity index is 2.69. The summed E-state index contributed by atoms with van der Waals surface area (Å²) in [5, 5.41) is 21.8. The molecule has 1 amide bonds. The highest BCUT2D eigenvalue weighted by molar-refractivity contribution is 6.01. The summed E-state index contributed by atoms with van der Waals surface area (Å²) in [7, 11) is 0. The smallest absolute Gasteiger partial charge is 0.262 e. The summed E-state index contributed by atoms with van der Waals surface area (Å²) in [5.74, 6) is -0.0414. The summed E-state index contributed by atoms with van der Waals surface area (Å²) < 4.78 is 5.06. The van der Waals surface area contributed by atoms with E-state index in [4.69, 9.17) is 9.68 Å². The van der Waals surface area contributed by atoms with E-state index in [0.29, 0.717) is 5.76 Å². The molecule has 0 radical (unpaired) electrons. The molecule has 0 unspecified atom stereocenters. The molecule has 0 aliphatic carbocycles. The molecule has 0 fully saturated rings. The Kier molecular flexibility index (Phi) is 5.53. The average molecular weight is 276 g/mol. The lowest BCUT2D eigenvalue weighted by Gasteiger charge is -2.29. The van der Waals surface area contributed by atoms with Crippen molar-refractivity contribution in [3.05, 3.63) is 29.7 Å². The van der Waals surface area contributed by atoms with Crippen LogP contribution >= 0.6 is 0 Å². The van der Waals surface area contributed by atoms with Crippen molar-refractivity contribution in [1.29, 1.82) is 5.26 Å². The number of rotatable bonds is 6. The Labute approximate surface area is 118 Å². The minimum absolute atomic E-state index is 0.0439. The van der Waals surface area contributed by atoms with Crippen molar-refractivity contribution < 1.29 is 14.3 Å². The van der Waals surface area contributed by atoms with Gasteiger partial charge in [-0.25, -0.2) is 0 Å². The third kappa shape index (κ3) is 4.25. The van der Waals surface area contributed by atoms with Gasteiger partial charge in [-0.15, -0.1) is 0 Å². The van der Waals surface area contributed by atoms with Gasteiger partial charge < -0.3 is 14.8 Å². The third-order valence-corrected chi connectivity index (χ3v) is 3.48. The van der Waals surface area contributed by atoms with Crippen molar-refractivity contribution in [3.63, 3.8) is 0 Å². The molecule has 0 bridgehead atoms. The second-order valence-electron chi connectivity index (χ2n) is 5.03. The van der Waals surface area contributed by atoms with Crippen LogP contribution in [0.25, 0.3) is 6.08 Å². The van der Waals surface area contributed by atoms with Gasteiger partial charge in [0.25, 0.3) is 5.91 Å². The van der Waals surface area contributed by atoms with Crippen LogP contribution in [-0.2, 0) is 4.79 Å². The molecule has 0 spiro atoms. The predicted octanol–water partition coefficient (Wildman–Crippen LogP) is 2.10. The zero-order valence-electron chi connectivity index (χ0n) is 12.0. The lowest BCUT2D eigenvalue weighted by molar-refractivity contribution is -0.118. The zero-order valence-corrected chi connectivity index (χ0v) is 12.0. The summed E-state index contributed by atoms with van der Waals surface area (Å²) in [6.45, 7) is 5.65. The highest BCUT2D eigenvalue weighted by Crippen LogP contribution is 2.19. The highest BCUT2D eigenvalue weighted by Gasteiger charge is 2.27. The minimum atomic E-state index is -1.00. The number of nitrogens with zero attached hydrogens (tertiary/aromatic N) is 1. The van der Waals surface area contributed by atoms with Gasteiger partial charge in [0.2, 0.25) is 0 Å². The second kappa shape index (κ2) is 6.92. The van der Waals surface area contributed by atoms with Crippen LogP contribution in [-0.4, -0.2) is 23.2 Å². The van der Waals surface area contributed by atoms with Crippen molar-refractivity contribution in [2.45, 2.75) is 32.8 Å². The fourth-order valence-electron chi connectivity index (χ4n) is 1.63. The summed E-state index contributed by atoms with van der Waals surface area (Å²) in [6, 6.07) is 5.15. The summed E-state index contributed by atoms with van der Waals surface area (Å²) in [5.41, 5.74) is -1.06. The molecule has 1 heterocycles. The van der Waals surface area contributed by atoms with Crippen LogP contribution in [0.1, 0.15) is 33.0 Å². The van der Waals surface area contributed by atoms with E-state index in [1.165, 1.54) is 12.3 Å². The number of aliphatic hydroxyl groups is 1. The van der Waals surface area contributed by atoms with Gasteiger partial charge in [0.1, 0.15) is 17.4 Å². The number of carbonyl (C=O) groups is 1. The fraction of sp³-hybridized carbons (Fsp3) is 0.467. The summed E-state index contributed by atoms with van der Waals surface area (Å²) in [6.07, 6.45) is 3.63. The van der Waals surface area contributed by atoms with E-state index in [1.54, 1.807) is 19.1 Å². The van der Waals surface area contributed by atoms with Gasteiger partial charge in [0, 0.05) is 12.6 Å². The SMILES string of the molecule is CC[C@H](C)[C@@](C)(O)CNC(=O)/C(C#N)=C\c1ccco1. The maximum atomic E-state index is 11.9. The first-order valence-electron chi connectivity index (χ1n) is 6.56. The molecule has 1 aromatic heterocycles. The van der Waals surface area contributed by atoms with Gasteiger partial charge in [-0.2, -0.15) is 5.26 Å². The molecule has 0 saturated carbocycles. The maximum Gasteiger partial charge on any atom is 0.262 e. The first kappa shape index (κ1) is 16.0. The molecular formula is C15H20N2O3. The lowest BCUT2D eigenvalue weighted by atomic mass is 9.88. The molecule has 2 N–H and O–H groups in total. The van der Waals surface area contributed by atoms with Crippen molar-refractivity contribution in [1.82, 2.24) is 5.32 Å². The number of nitrogens with one attached hydrogen (secondary N) is 1. The fourth-order valence-corrected chi connectivity index (χ4v) is 1.63. The Bertz CT molecular complexity index is 510. The van der Waals surface area contributed by atoms with E-state index < -0.39 is 11.5 Å². The average Bonchev–Trinajstić information content (AvgIpc) is 2.94. The largest absolute Gasteiger partial charge is 0.465 e. The van der Waals surface area contributed by atoms with E-state index in [2.05, 4.69) is 5.32 Å². The van der Waals surface area contributed by atoms with Crippen LogP contribution < -0.4 is 5.32 Å². The molecule has 1 rings (SSSR count). The first-order chi connectivity index (χ1) is 9.40. The van der Waals surface area contributed by atoms with Crippen molar-refractivity contribution in [2.24, 2.45) is 5.92 Å². The van der Waals surface area contributed by atoms with Gasteiger partial charge in [0.15, 0.2) is 0 Å². The Hall–Kier alpha value is -2.06. The van der Waals surface area contributed by atoms with E-state index in [-0.39, 0.29) is 18.0 Å². The molecular weight excluding hydrogens is 256 g/mol. The van der Waals surface area contributed by atoms with Crippen molar-refractivity contribution in [2.75, 3.05) is 6.54 Å². The topological polar surface area (TPSA) is 86.3 Å². The molecule has 0 saturated heterocycles. The summed E-state index contributed by atoms with van der Waals surface area (Å²) >= 11 is 0. The number of furan rings is 1. The Morgan fingerprint density at radius 2 is 2.40 bits per heavy atom. The Morgan fingerprint density at radius 3 is 2.90 bits per heavy atom. The number of hydrogen-bond donors (Lipinski definition) is 2. The molecule has 1 aromatic rings. The van der Waals surface area contributed by atoms with Crippen LogP contribution in [0.5, 0.6) is 0 Å². The van der Waals surface area contributed by atoms with Crippen LogP contribution in [0.3, 0.4) is 0 Å². The van der Waals surface area contributed by atoms with Crippen molar-refractivity contribution >= 4 is 12.0 Å². The number of hydrogen-bond acceptors (Lipinski definition) is 4. The van der Waals surface area contributed by atoms with Crippen LogP contribution in [0.4, 0.5) is 0 Å². The number of amides is 1. The molecule has 5 nitrogen and oxygen atoms in total. The quantitative estimate of drug-likeness (QED) is 0.615. The minimum Gasteiger partial charge on any atom is -0.465 e. The van der Waals surface area contributed by atoms with E-state index in [9.17, 15) is 9.90 Å². The number of carbonyl (C=O) groups excluding carboxylic acids is 1. The Morgan fingerprint density at radius 1 is 1.70 bits per heavy atom. The monoisotopic (exact) mass is 276 g/mol. The first-order valence-corrected chi connectivity index (χ1v) is 6.56. The van der Waals surface area contributed by atoms with Crippen LogP contribution in [0.15, 0.2) is 28.4 Å². The van der Waals surface area contributed by atoms with Gasteiger partial charge in [-0.05, 0) is 25.0 Å². The molecule has 0 aliphatic heterocycles. The normalized spacial score (nSPS) is 16.1. The number of nitriles is 1. The second-order valence-corrected chi connectivity index (χ2v) is 5.03. The van der Waals surface area contributed by atoms with Crippen LogP contribution in [0, 0.1) is 17.2 Å². The molecule has 108 valence electrons. The zero-order chi connectivity index (χ0) is 15.2.